The number of aryl methyl sites for hydroxylation is 2. The fourth-order valence-electron chi connectivity index (χ4n) is 3.84. The average Bonchev–Trinajstić information content (AvgIpc) is 3.65. The second-order valence-corrected chi connectivity index (χ2v) is 8.51. The Hall–Kier alpha value is -1.84. The fraction of sp³-hybridized carbons (Fsp3) is 0.538. The van der Waals surface area contributed by atoms with Crippen molar-refractivity contribution >= 4 is 0 Å². The standard InChI is InChI=1S/C26H34O3/c1-3-5-7-19-9-11-25(21(13-19)15-23-17-27-23)29-26-12-10-20(8-6-4-2)14-22(26)16-24-18-28-24/h9-14,23-24H,3-8,15-18H2,1-2H3. The van der Waals surface area contributed by atoms with Crippen LogP contribution in [0.2, 0.25) is 0 Å². The molecule has 0 spiro atoms. The first-order valence-electron chi connectivity index (χ1n) is 11.4. The predicted octanol–water partition coefficient (Wildman–Crippen LogP) is 6.05. The van der Waals surface area contributed by atoms with Crippen molar-refractivity contribution in [2.45, 2.75) is 77.4 Å². The third-order valence-electron chi connectivity index (χ3n) is 5.81. The fourth-order valence-corrected chi connectivity index (χ4v) is 3.84. The molecule has 2 atom stereocenters. The third-order valence-corrected chi connectivity index (χ3v) is 5.81. The number of ether oxygens (including phenoxy) is 3. The molecule has 2 fully saturated rings. The molecule has 0 aromatic heterocycles. The number of unbranched alkanes of at least 4 members (excludes halogenated alkanes) is 2. The molecular weight excluding hydrogens is 360 g/mol. The van der Waals surface area contributed by atoms with Crippen molar-refractivity contribution in [3.8, 4) is 11.5 Å². The van der Waals surface area contributed by atoms with Crippen molar-refractivity contribution in [1.29, 1.82) is 0 Å². The predicted molar refractivity (Wildman–Crippen MR) is 117 cm³/mol. The van der Waals surface area contributed by atoms with Gasteiger partial charge in [-0.3, -0.25) is 0 Å². The minimum atomic E-state index is 0.356. The van der Waals surface area contributed by atoms with Gasteiger partial charge in [0.2, 0.25) is 0 Å². The molecule has 0 saturated carbocycles. The van der Waals surface area contributed by atoms with Gasteiger partial charge in [0.25, 0.3) is 0 Å². The van der Waals surface area contributed by atoms with Gasteiger partial charge in [0.15, 0.2) is 0 Å². The Morgan fingerprint density at radius 3 is 1.59 bits per heavy atom. The van der Waals surface area contributed by atoms with E-state index in [0.717, 1.165) is 50.4 Å². The lowest BCUT2D eigenvalue weighted by Gasteiger charge is -2.16. The van der Waals surface area contributed by atoms with Gasteiger partial charge in [0.1, 0.15) is 11.5 Å². The Balaban J connectivity index is 1.56. The summed E-state index contributed by atoms with van der Waals surface area (Å²) in [6.07, 6.45) is 9.73. The van der Waals surface area contributed by atoms with Crippen LogP contribution in [0.5, 0.6) is 11.5 Å². The smallest absolute Gasteiger partial charge is 0.130 e. The van der Waals surface area contributed by atoms with Gasteiger partial charge >= 0.3 is 0 Å². The van der Waals surface area contributed by atoms with Crippen LogP contribution in [-0.2, 0) is 35.2 Å². The maximum Gasteiger partial charge on any atom is 0.130 e. The minimum Gasteiger partial charge on any atom is -0.457 e. The van der Waals surface area contributed by atoms with Gasteiger partial charge in [-0.05, 0) is 60.1 Å². The van der Waals surface area contributed by atoms with Crippen LogP contribution in [0.15, 0.2) is 36.4 Å². The molecule has 4 rings (SSSR count). The number of epoxide rings is 2. The third kappa shape index (κ3) is 6.07. The molecule has 0 N–H and O–H groups in total. The molecule has 2 aliphatic heterocycles. The maximum absolute atomic E-state index is 6.51. The first kappa shape index (κ1) is 20.4. The molecule has 2 aromatic carbocycles. The Bertz CT molecular complexity index is 738. The van der Waals surface area contributed by atoms with Gasteiger partial charge in [-0.2, -0.15) is 0 Å². The largest absolute Gasteiger partial charge is 0.457 e. The first-order chi connectivity index (χ1) is 14.2. The van der Waals surface area contributed by atoms with E-state index in [1.807, 2.05) is 0 Å². The van der Waals surface area contributed by atoms with E-state index in [1.54, 1.807) is 0 Å². The van der Waals surface area contributed by atoms with Crippen molar-refractivity contribution in [3.05, 3.63) is 58.7 Å². The summed E-state index contributed by atoms with van der Waals surface area (Å²) < 4.78 is 17.5. The molecule has 2 aliphatic rings. The summed E-state index contributed by atoms with van der Waals surface area (Å²) in [6.45, 7) is 6.22. The van der Waals surface area contributed by atoms with Crippen LogP contribution in [-0.4, -0.2) is 25.4 Å². The van der Waals surface area contributed by atoms with Gasteiger partial charge in [-0.1, -0.05) is 51.0 Å². The van der Waals surface area contributed by atoms with Gasteiger partial charge in [0, 0.05) is 12.8 Å². The van der Waals surface area contributed by atoms with Crippen molar-refractivity contribution in [3.63, 3.8) is 0 Å². The Morgan fingerprint density at radius 1 is 0.759 bits per heavy atom. The molecule has 2 unspecified atom stereocenters. The van der Waals surface area contributed by atoms with E-state index in [2.05, 4.69) is 50.2 Å². The zero-order valence-corrected chi connectivity index (χ0v) is 17.9. The van der Waals surface area contributed by atoms with Crippen LogP contribution in [0.3, 0.4) is 0 Å². The number of benzene rings is 2. The van der Waals surface area contributed by atoms with Crippen LogP contribution >= 0.6 is 0 Å². The molecule has 2 saturated heterocycles. The minimum absolute atomic E-state index is 0.356. The van der Waals surface area contributed by atoms with E-state index < -0.39 is 0 Å². The molecule has 3 heteroatoms. The van der Waals surface area contributed by atoms with Gasteiger partial charge in [-0.15, -0.1) is 0 Å². The van der Waals surface area contributed by atoms with E-state index in [1.165, 1.54) is 47.9 Å². The maximum atomic E-state index is 6.51. The van der Waals surface area contributed by atoms with Crippen LogP contribution in [0, 0.1) is 0 Å². The Morgan fingerprint density at radius 2 is 1.21 bits per heavy atom. The summed E-state index contributed by atoms with van der Waals surface area (Å²) >= 11 is 0. The molecule has 0 radical (unpaired) electrons. The zero-order valence-electron chi connectivity index (χ0n) is 17.9. The highest BCUT2D eigenvalue weighted by atomic mass is 16.6. The highest BCUT2D eigenvalue weighted by molar-refractivity contribution is 5.45. The zero-order chi connectivity index (χ0) is 20.1. The first-order valence-corrected chi connectivity index (χ1v) is 11.4. The highest BCUT2D eigenvalue weighted by Gasteiger charge is 2.26. The topological polar surface area (TPSA) is 34.3 Å². The lowest BCUT2D eigenvalue weighted by atomic mass is 10.0. The number of hydrogen-bond donors (Lipinski definition) is 0. The van der Waals surface area contributed by atoms with Gasteiger partial charge in [0.05, 0.1) is 25.4 Å². The molecule has 0 amide bonds. The average molecular weight is 395 g/mol. The SMILES string of the molecule is CCCCc1ccc(Oc2ccc(CCCC)cc2CC2CO2)c(CC2CO2)c1. The second-order valence-electron chi connectivity index (χ2n) is 8.51. The lowest BCUT2D eigenvalue weighted by molar-refractivity contribution is 0.398. The highest BCUT2D eigenvalue weighted by Crippen LogP contribution is 2.34. The number of rotatable bonds is 12. The molecule has 3 nitrogen and oxygen atoms in total. The molecule has 2 aromatic rings. The summed E-state index contributed by atoms with van der Waals surface area (Å²) in [5.41, 5.74) is 5.34. The van der Waals surface area contributed by atoms with E-state index in [4.69, 9.17) is 14.2 Å². The summed E-state index contributed by atoms with van der Waals surface area (Å²) in [6, 6.07) is 13.4. The molecule has 156 valence electrons. The van der Waals surface area contributed by atoms with E-state index in [-0.39, 0.29) is 0 Å². The van der Waals surface area contributed by atoms with Crippen molar-refractivity contribution in [2.24, 2.45) is 0 Å². The van der Waals surface area contributed by atoms with Crippen molar-refractivity contribution < 1.29 is 14.2 Å². The summed E-state index contributed by atoms with van der Waals surface area (Å²) in [4.78, 5) is 0. The second kappa shape index (κ2) is 9.77. The Kier molecular flexibility index (Phi) is 6.89. The van der Waals surface area contributed by atoms with Crippen molar-refractivity contribution in [2.75, 3.05) is 13.2 Å². The lowest BCUT2D eigenvalue weighted by Crippen LogP contribution is -2.02. The van der Waals surface area contributed by atoms with Gasteiger partial charge in [-0.25, -0.2) is 0 Å². The molecule has 0 bridgehead atoms. The molecule has 2 heterocycles. The van der Waals surface area contributed by atoms with Crippen LogP contribution in [0.25, 0.3) is 0 Å². The quantitative estimate of drug-likeness (QED) is 0.411. The van der Waals surface area contributed by atoms with E-state index in [9.17, 15) is 0 Å². The van der Waals surface area contributed by atoms with E-state index in [0.29, 0.717) is 12.2 Å². The number of hydrogen-bond acceptors (Lipinski definition) is 3. The summed E-state index contributed by atoms with van der Waals surface area (Å²) in [7, 11) is 0. The normalized spacial score (nSPS) is 19.9. The van der Waals surface area contributed by atoms with E-state index >= 15 is 0 Å². The monoisotopic (exact) mass is 394 g/mol. The summed E-state index contributed by atoms with van der Waals surface area (Å²) in [5.74, 6) is 1.94. The van der Waals surface area contributed by atoms with Crippen LogP contribution in [0.1, 0.15) is 61.8 Å². The molecular formula is C26H34O3. The molecule has 0 aliphatic carbocycles. The Labute approximate surface area is 175 Å². The van der Waals surface area contributed by atoms with Crippen molar-refractivity contribution in [1.82, 2.24) is 0 Å². The molecule has 29 heavy (non-hydrogen) atoms. The van der Waals surface area contributed by atoms with Crippen LogP contribution in [0.4, 0.5) is 0 Å². The van der Waals surface area contributed by atoms with Crippen LogP contribution < -0.4 is 4.74 Å². The summed E-state index contributed by atoms with van der Waals surface area (Å²) in [5, 5.41) is 0. The van der Waals surface area contributed by atoms with Gasteiger partial charge < -0.3 is 14.2 Å².